The molecule has 1 aromatic heterocycles. The molecule has 0 saturated carbocycles. The summed E-state index contributed by atoms with van der Waals surface area (Å²) >= 11 is 12.3. The quantitative estimate of drug-likeness (QED) is 0.837. The molecule has 1 aromatic carbocycles. The molecule has 0 radical (unpaired) electrons. The fourth-order valence-corrected chi connectivity index (χ4v) is 2.31. The van der Waals surface area contributed by atoms with Gasteiger partial charge in [-0.05, 0) is 25.1 Å². The van der Waals surface area contributed by atoms with E-state index in [1.54, 1.807) is 6.07 Å². The lowest BCUT2D eigenvalue weighted by atomic mass is 10.1. The van der Waals surface area contributed by atoms with E-state index >= 15 is 0 Å². The fourth-order valence-electron chi connectivity index (χ4n) is 1.74. The number of hydrogen-bond donors (Lipinski definition) is 0. The second kappa shape index (κ2) is 5.98. The van der Waals surface area contributed by atoms with Gasteiger partial charge in [-0.25, -0.2) is 4.98 Å². The summed E-state index contributed by atoms with van der Waals surface area (Å²) in [4.78, 5) is 16.1. The number of benzene rings is 1. The van der Waals surface area contributed by atoms with Crippen LogP contribution in [0, 0.1) is 12.8 Å². The maximum atomic E-state index is 11.7. The van der Waals surface area contributed by atoms with Crippen molar-refractivity contribution in [3.8, 4) is 5.75 Å². The highest BCUT2D eigenvalue weighted by molar-refractivity contribution is 6.39. The molecule has 0 amide bonds. The van der Waals surface area contributed by atoms with Crippen LogP contribution in [0.3, 0.4) is 0 Å². The van der Waals surface area contributed by atoms with Crippen LogP contribution in [0.25, 0.3) is 10.9 Å². The van der Waals surface area contributed by atoms with Crippen LogP contribution in [-0.4, -0.2) is 17.4 Å². The molecule has 0 spiro atoms. The first-order valence-corrected chi connectivity index (χ1v) is 7.06. The van der Waals surface area contributed by atoms with Crippen LogP contribution in [0.4, 0.5) is 0 Å². The van der Waals surface area contributed by atoms with Gasteiger partial charge in [0, 0.05) is 17.0 Å². The molecule has 106 valence electrons. The van der Waals surface area contributed by atoms with Crippen molar-refractivity contribution in [2.45, 2.75) is 20.8 Å². The van der Waals surface area contributed by atoms with Gasteiger partial charge in [-0.2, -0.15) is 0 Å². The van der Waals surface area contributed by atoms with E-state index in [-0.39, 0.29) is 18.3 Å². The molecular formula is C15H15Cl2NO2. The predicted octanol–water partition coefficient (Wildman–Crippen LogP) is 4.45. The lowest BCUT2D eigenvalue weighted by molar-refractivity contribution is -0.123. The zero-order valence-electron chi connectivity index (χ0n) is 11.5. The molecule has 20 heavy (non-hydrogen) atoms. The lowest BCUT2D eigenvalue weighted by Gasteiger charge is -2.12. The van der Waals surface area contributed by atoms with Gasteiger partial charge >= 0.3 is 0 Å². The van der Waals surface area contributed by atoms with Crippen molar-refractivity contribution < 1.29 is 9.53 Å². The normalized spacial score (nSPS) is 11.1. The molecule has 0 aliphatic rings. The van der Waals surface area contributed by atoms with Crippen LogP contribution in [0.15, 0.2) is 18.2 Å². The molecule has 0 aliphatic carbocycles. The maximum Gasteiger partial charge on any atom is 0.172 e. The summed E-state index contributed by atoms with van der Waals surface area (Å²) in [6, 6.07) is 5.34. The summed E-state index contributed by atoms with van der Waals surface area (Å²) in [6.45, 7) is 5.51. The van der Waals surface area contributed by atoms with Crippen molar-refractivity contribution in [1.29, 1.82) is 0 Å². The van der Waals surface area contributed by atoms with E-state index < -0.39 is 0 Å². The Morgan fingerprint density at radius 1 is 1.30 bits per heavy atom. The van der Waals surface area contributed by atoms with Crippen LogP contribution in [0.1, 0.15) is 19.5 Å². The number of hydrogen-bond acceptors (Lipinski definition) is 3. The second-order valence-electron chi connectivity index (χ2n) is 4.93. The summed E-state index contributed by atoms with van der Waals surface area (Å²) in [5.41, 5.74) is 1.41. The third-order valence-corrected chi connectivity index (χ3v) is 3.57. The zero-order chi connectivity index (χ0) is 14.9. The number of aryl methyl sites for hydroxylation is 1. The molecule has 5 heteroatoms. The van der Waals surface area contributed by atoms with Gasteiger partial charge in [0.25, 0.3) is 0 Å². The molecular weight excluding hydrogens is 297 g/mol. The SMILES string of the molecule is Cc1ccc2c(Cl)cc(Cl)c(OCC(=O)C(C)C)c2n1. The molecule has 0 aliphatic heterocycles. The highest BCUT2D eigenvalue weighted by Gasteiger charge is 2.15. The number of carbonyl (C=O) groups excluding carboxylic acids is 1. The molecule has 2 rings (SSSR count). The first-order valence-electron chi connectivity index (χ1n) is 6.31. The molecule has 3 nitrogen and oxygen atoms in total. The van der Waals surface area contributed by atoms with E-state index in [4.69, 9.17) is 27.9 Å². The number of ketones is 1. The molecule has 0 bridgehead atoms. The fraction of sp³-hybridized carbons (Fsp3) is 0.333. The Morgan fingerprint density at radius 3 is 2.65 bits per heavy atom. The number of rotatable bonds is 4. The lowest BCUT2D eigenvalue weighted by Crippen LogP contribution is -2.17. The molecule has 0 N–H and O–H groups in total. The van der Waals surface area contributed by atoms with Gasteiger partial charge < -0.3 is 4.74 Å². The van der Waals surface area contributed by atoms with Gasteiger partial charge in [-0.1, -0.05) is 37.0 Å². The number of ether oxygens (including phenoxy) is 1. The zero-order valence-corrected chi connectivity index (χ0v) is 13.0. The minimum atomic E-state index is -0.0814. The van der Waals surface area contributed by atoms with Crippen molar-refractivity contribution in [2.24, 2.45) is 5.92 Å². The third kappa shape index (κ3) is 3.05. The van der Waals surface area contributed by atoms with Crippen LogP contribution in [0.5, 0.6) is 5.75 Å². The smallest absolute Gasteiger partial charge is 0.172 e. The van der Waals surface area contributed by atoms with Crippen molar-refractivity contribution >= 4 is 39.9 Å². The molecule has 0 saturated heterocycles. The molecule has 0 atom stereocenters. The van der Waals surface area contributed by atoms with Gasteiger partial charge in [-0.3, -0.25) is 4.79 Å². The minimum Gasteiger partial charge on any atom is -0.482 e. The molecule has 2 aromatic rings. The topological polar surface area (TPSA) is 39.2 Å². The number of Topliss-reactive ketones (excluding diaryl/α,β-unsaturated/α-hetero) is 1. The summed E-state index contributed by atoms with van der Waals surface area (Å²) in [6.07, 6.45) is 0. The van der Waals surface area contributed by atoms with Crippen molar-refractivity contribution in [2.75, 3.05) is 6.61 Å². The van der Waals surface area contributed by atoms with E-state index in [0.29, 0.717) is 21.3 Å². The summed E-state index contributed by atoms with van der Waals surface area (Å²) < 4.78 is 5.58. The Morgan fingerprint density at radius 2 is 2.00 bits per heavy atom. The summed E-state index contributed by atoms with van der Waals surface area (Å²) in [7, 11) is 0. The van der Waals surface area contributed by atoms with Crippen molar-refractivity contribution in [1.82, 2.24) is 4.98 Å². The average Bonchev–Trinajstić information content (AvgIpc) is 2.37. The molecule has 0 unspecified atom stereocenters. The Balaban J connectivity index is 2.46. The van der Waals surface area contributed by atoms with Gasteiger partial charge in [-0.15, -0.1) is 0 Å². The number of carbonyl (C=O) groups is 1. The van der Waals surface area contributed by atoms with Gasteiger partial charge in [0.15, 0.2) is 11.5 Å². The monoisotopic (exact) mass is 311 g/mol. The van der Waals surface area contributed by atoms with Crippen LogP contribution >= 0.6 is 23.2 Å². The largest absolute Gasteiger partial charge is 0.482 e. The van der Waals surface area contributed by atoms with Crippen LogP contribution < -0.4 is 4.74 Å². The average molecular weight is 312 g/mol. The van der Waals surface area contributed by atoms with Crippen LogP contribution in [0.2, 0.25) is 10.0 Å². The standard InChI is InChI=1S/C15H15Cl2NO2/c1-8(2)13(19)7-20-15-12(17)6-11(16)10-5-4-9(3)18-14(10)15/h4-6,8H,7H2,1-3H3. The van der Waals surface area contributed by atoms with Gasteiger partial charge in [0.1, 0.15) is 12.1 Å². The third-order valence-electron chi connectivity index (χ3n) is 2.98. The van der Waals surface area contributed by atoms with Crippen molar-refractivity contribution in [3.63, 3.8) is 0 Å². The maximum absolute atomic E-state index is 11.7. The molecule has 1 heterocycles. The Bertz CT molecular complexity index is 668. The van der Waals surface area contributed by atoms with Gasteiger partial charge in [0.2, 0.25) is 0 Å². The Hall–Kier alpha value is -1.32. The number of fused-ring (bicyclic) bond motifs is 1. The number of halogens is 2. The van der Waals surface area contributed by atoms with E-state index in [1.807, 2.05) is 32.9 Å². The first-order chi connectivity index (χ1) is 9.40. The van der Waals surface area contributed by atoms with Gasteiger partial charge in [0.05, 0.1) is 10.0 Å². The Kier molecular flexibility index (Phi) is 4.51. The minimum absolute atomic E-state index is 0.0109. The summed E-state index contributed by atoms with van der Waals surface area (Å²) in [5, 5.41) is 1.63. The first kappa shape index (κ1) is 15.1. The summed E-state index contributed by atoms with van der Waals surface area (Å²) in [5.74, 6) is 0.336. The highest BCUT2D eigenvalue weighted by Crippen LogP contribution is 2.37. The number of nitrogens with zero attached hydrogens (tertiary/aromatic N) is 1. The molecule has 0 fully saturated rings. The van der Waals surface area contributed by atoms with E-state index in [1.165, 1.54) is 0 Å². The van der Waals surface area contributed by atoms with Crippen LogP contribution in [-0.2, 0) is 4.79 Å². The highest BCUT2D eigenvalue weighted by atomic mass is 35.5. The van der Waals surface area contributed by atoms with E-state index in [0.717, 1.165) is 11.1 Å². The predicted molar refractivity (Wildman–Crippen MR) is 81.8 cm³/mol. The Labute approximate surface area is 127 Å². The number of aromatic nitrogens is 1. The van der Waals surface area contributed by atoms with E-state index in [9.17, 15) is 4.79 Å². The second-order valence-corrected chi connectivity index (χ2v) is 5.74. The van der Waals surface area contributed by atoms with E-state index in [2.05, 4.69) is 4.98 Å². The number of pyridine rings is 1. The van der Waals surface area contributed by atoms with Crippen molar-refractivity contribution in [3.05, 3.63) is 33.9 Å².